The van der Waals surface area contributed by atoms with Crippen molar-refractivity contribution in [1.82, 2.24) is 9.78 Å². The van der Waals surface area contributed by atoms with Crippen molar-refractivity contribution in [3.63, 3.8) is 0 Å². The first-order valence-corrected chi connectivity index (χ1v) is 4.38. The molecule has 0 aliphatic rings. The molecule has 11 heavy (non-hydrogen) atoms. The maximum Gasteiger partial charge on any atom is 0.127 e. The van der Waals surface area contributed by atoms with E-state index >= 15 is 0 Å². The molecule has 0 radical (unpaired) electrons. The van der Waals surface area contributed by atoms with E-state index in [4.69, 9.17) is 11.6 Å². The van der Waals surface area contributed by atoms with E-state index in [1.54, 1.807) is 0 Å². The number of halogens is 1. The Hall–Kier alpha value is -0.500. The van der Waals surface area contributed by atoms with Crippen molar-refractivity contribution < 1.29 is 0 Å². The van der Waals surface area contributed by atoms with Crippen LogP contribution in [-0.2, 0) is 13.0 Å². The second-order valence-corrected chi connectivity index (χ2v) is 2.91. The van der Waals surface area contributed by atoms with Crippen LogP contribution in [0.4, 0.5) is 0 Å². The van der Waals surface area contributed by atoms with Crippen molar-refractivity contribution in [3.8, 4) is 0 Å². The minimum absolute atomic E-state index is 0.746. The SMILES string of the molecule is CCCc1cc(Cl)n(CC)n1. The van der Waals surface area contributed by atoms with Gasteiger partial charge in [0.05, 0.1) is 5.69 Å². The third-order valence-corrected chi connectivity index (χ3v) is 1.89. The molecule has 0 unspecified atom stereocenters. The molecule has 0 saturated carbocycles. The zero-order valence-corrected chi connectivity index (χ0v) is 7.73. The molecule has 0 bridgehead atoms. The summed E-state index contributed by atoms with van der Waals surface area (Å²) in [5.41, 5.74) is 1.10. The van der Waals surface area contributed by atoms with Gasteiger partial charge in [0.25, 0.3) is 0 Å². The Balaban J connectivity index is 2.77. The largest absolute Gasteiger partial charge is 0.254 e. The maximum atomic E-state index is 5.88. The standard InChI is InChI=1S/C8H13ClN2/c1-3-5-7-6-8(9)11(4-2)10-7/h6H,3-5H2,1-2H3. The summed E-state index contributed by atoms with van der Waals surface area (Å²) in [6.45, 7) is 5.02. The van der Waals surface area contributed by atoms with Crippen LogP contribution in [0.15, 0.2) is 6.07 Å². The molecule has 0 spiro atoms. The number of aryl methyl sites for hydroxylation is 2. The molecule has 0 aliphatic heterocycles. The first-order valence-electron chi connectivity index (χ1n) is 4.00. The van der Waals surface area contributed by atoms with Gasteiger partial charge in [0, 0.05) is 6.54 Å². The molecule has 0 atom stereocenters. The summed E-state index contributed by atoms with van der Waals surface area (Å²) < 4.78 is 1.81. The van der Waals surface area contributed by atoms with Gasteiger partial charge >= 0.3 is 0 Å². The lowest BCUT2D eigenvalue weighted by Gasteiger charge is -1.94. The fraction of sp³-hybridized carbons (Fsp3) is 0.625. The van der Waals surface area contributed by atoms with Gasteiger partial charge in [0.15, 0.2) is 0 Å². The molecule has 0 saturated heterocycles. The van der Waals surface area contributed by atoms with E-state index in [0.29, 0.717) is 0 Å². The molecule has 1 aromatic rings. The fourth-order valence-electron chi connectivity index (χ4n) is 1.04. The minimum atomic E-state index is 0.746. The second kappa shape index (κ2) is 3.77. The molecule has 3 heteroatoms. The molecule has 1 rings (SSSR count). The zero-order valence-electron chi connectivity index (χ0n) is 6.97. The maximum absolute atomic E-state index is 5.88. The number of rotatable bonds is 3. The monoisotopic (exact) mass is 172 g/mol. The number of aromatic nitrogens is 2. The van der Waals surface area contributed by atoms with E-state index in [1.807, 2.05) is 17.7 Å². The van der Waals surface area contributed by atoms with Gasteiger partial charge in [-0.15, -0.1) is 0 Å². The van der Waals surface area contributed by atoms with E-state index in [2.05, 4.69) is 12.0 Å². The van der Waals surface area contributed by atoms with Crippen LogP contribution in [0.2, 0.25) is 5.15 Å². The Morgan fingerprint density at radius 2 is 2.27 bits per heavy atom. The van der Waals surface area contributed by atoms with Crippen LogP contribution in [0.3, 0.4) is 0 Å². The summed E-state index contributed by atoms with van der Waals surface area (Å²) in [6.07, 6.45) is 2.14. The first-order chi connectivity index (χ1) is 5.27. The van der Waals surface area contributed by atoms with Gasteiger partial charge in [-0.05, 0) is 19.4 Å². The average Bonchev–Trinajstić information content (AvgIpc) is 2.32. The van der Waals surface area contributed by atoms with Gasteiger partial charge in [-0.3, -0.25) is 4.68 Å². The normalized spacial score (nSPS) is 10.5. The fourth-order valence-corrected chi connectivity index (χ4v) is 1.33. The van der Waals surface area contributed by atoms with Crippen LogP contribution in [0.25, 0.3) is 0 Å². The Morgan fingerprint density at radius 1 is 1.55 bits per heavy atom. The molecule has 0 amide bonds. The Kier molecular flexibility index (Phi) is 2.94. The highest BCUT2D eigenvalue weighted by Crippen LogP contribution is 2.11. The van der Waals surface area contributed by atoms with Crippen LogP contribution in [-0.4, -0.2) is 9.78 Å². The number of hydrogen-bond acceptors (Lipinski definition) is 1. The van der Waals surface area contributed by atoms with Crippen molar-refractivity contribution >= 4 is 11.6 Å². The summed E-state index contributed by atoms with van der Waals surface area (Å²) >= 11 is 5.88. The highest BCUT2D eigenvalue weighted by atomic mass is 35.5. The van der Waals surface area contributed by atoms with Crippen molar-refractivity contribution in [1.29, 1.82) is 0 Å². The van der Waals surface area contributed by atoms with E-state index in [-0.39, 0.29) is 0 Å². The number of hydrogen-bond donors (Lipinski definition) is 0. The molecule has 0 aliphatic carbocycles. The topological polar surface area (TPSA) is 17.8 Å². The summed E-state index contributed by atoms with van der Waals surface area (Å²) in [7, 11) is 0. The minimum Gasteiger partial charge on any atom is -0.254 e. The van der Waals surface area contributed by atoms with Crippen LogP contribution in [0.1, 0.15) is 26.0 Å². The lowest BCUT2D eigenvalue weighted by molar-refractivity contribution is 0.645. The first kappa shape index (κ1) is 8.60. The Bertz CT molecular complexity index is 230. The van der Waals surface area contributed by atoms with Crippen molar-refractivity contribution in [2.24, 2.45) is 0 Å². The van der Waals surface area contributed by atoms with Crippen LogP contribution in [0.5, 0.6) is 0 Å². The third-order valence-electron chi connectivity index (χ3n) is 1.59. The third kappa shape index (κ3) is 1.96. The molecule has 0 aromatic carbocycles. The van der Waals surface area contributed by atoms with Gasteiger partial charge < -0.3 is 0 Å². The van der Waals surface area contributed by atoms with E-state index in [0.717, 1.165) is 30.2 Å². The summed E-state index contributed by atoms with van der Waals surface area (Å²) in [6, 6.07) is 1.94. The number of nitrogens with zero attached hydrogens (tertiary/aromatic N) is 2. The lowest BCUT2D eigenvalue weighted by atomic mass is 10.3. The molecule has 62 valence electrons. The van der Waals surface area contributed by atoms with Crippen molar-refractivity contribution in [3.05, 3.63) is 16.9 Å². The second-order valence-electron chi connectivity index (χ2n) is 2.52. The summed E-state index contributed by atoms with van der Waals surface area (Å²) in [5, 5.41) is 5.05. The summed E-state index contributed by atoms with van der Waals surface area (Å²) in [5.74, 6) is 0. The highest BCUT2D eigenvalue weighted by molar-refractivity contribution is 6.29. The Morgan fingerprint density at radius 3 is 2.73 bits per heavy atom. The Labute approximate surface area is 72.2 Å². The average molecular weight is 173 g/mol. The van der Waals surface area contributed by atoms with E-state index in [9.17, 15) is 0 Å². The molecule has 1 heterocycles. The predicted octanol–water partition coefficient (Wildman–Crippen LogP) is 2.51. The quantitative estimate of drug-likeness (QED) is 0.685. The van der Waals surface area contributed by atoms with Gasteiger partial charge in [0.1, 0.15) is 5.15 Å². The summed E-state index contributed by atoms with van der Waals surface area (Å²) in [4.78, 5) is 0. The van der Waals surface area contributed by atoms with E-state index < -0.39 is 0 Å². The van der Waals surface area contributed by atoms with Gasteiger partial charge in [-0.25, -0.2) is 0 Å². The molecule has 0 fully saturated rings. The zero-order chi connectivity index (χ0) is 8.27. The lowest BCUT2D eigenvalue weighted by Crippen LogP contribution is -1.96. The molecular weight excluding hydrogens is 160 g/mol. The van der Waals surface area contributed by atoms with Crippen molar-refractivity contribution in [2.75, 3.05) is 0 Å². The van der Waals surface area contributed by atoms with E-state index in [1.165, 1.54) is 0 Å². The van der Waals surface area contributed by atoms with Crippen LogP contribution >= 0.6 is 11.6 Å². The predicted molar refractivity (Wildman–Crippen MR) is 46.9 cm³/mol. The van der Waals surface area contributed by atoms with Crippen LogP contribution < -0.4 is 0 Å². The van der Waals surface area contributed by atoms with Gasteiger partial charge in [-0.1, -0.05) is 24.9 Å². The molecular formula is C8H13ClN2. The molecule has 1 aromatic heterocycles. The molecule has 2 nitrogen and oxygen atoms in total. The van der Waals surface area contributed by atoms with Crippen LogP contribution in [0, 0.1) is 0 Å². The van der Waals surface area contributed by atoms with Gasteiger partial charge in [0.2, 0.25) is 0 Å². The van der Waals surface area contributed by atoms with Crippen molar-refractivity contribution in [2.45, 2.75) is 33.2 Å². The molecule has 0 N–H and O–H groups in total. The highest BCUT2D eigenvalue weighted by Gasteiger charge is 2.01. The smallest absolute Gasteiger partial charge is 0.127 e. The van der Waals surface area contributed by atoms with Gasteiger partial charge in [-0.2, -0.15) is 5.10 Å².